The number of hydrogen-bond acceptors (Lipinski definition) is 2. The molecule has 0 aromatic carbocycles. The first-order valence-electron chi connectivity index (χ1n) is 3.62. The van der Waals surface area contributed by atoms with E-state index in [0.29, 0.717) is 0 Å². The summed E-state index contributed by atoms with van der Waals surface area (Å²) >= 11 is 0. The molecule has 12 heavy (non-hydrogen) atoms. The van der Waals surface area contributed by atoms with Crippen molar-refractivity contribution >= 4 is 12.4 Å². The van der Waals surface area contributed by atoms with Crippen molar-refractivity contribution in [1.29, 1.82) is 0 Å². The van der Waals surface area contributed by atoms with Crippen molar-refractivity contribution in [3.8, 4) is 0 Å². The number of rotatable bonds is 4. The highest BCUT2D eigenvalue weighted by molar-refractivity contribution is 5.85. The van der Waals surface area contributed by atoms with Gasteiger partial charge < -0.3 is 10.4 Å². The average molecular weight is 204 g/mol. The lowest BCUT2D eigenvalue weighted by atomic mass is 10.0. The molecule has 0 saturated heterocycles. The van der Waals surface area contributed by atoms with E-state index in [2.05, 4.69) is 5.32 Å². The fourth-order valence-electron chi connectivity index (χ4n) is 0.828. The number of nitrogens with one attached hydrogen (secondary N) is 1. The summed E-state index contributed by atoms with van der Waals surface area (Å²) in [7, 11) is 1.43. The van der Waals surface area contributed by atoms with Gasteiger partial charge in [-0.05, 0) is 13.0 Å². The molecule has 0 aliphatic rings. The summed E-state index contributed by atoms with van der Waals surface area (Å²) < 4.78 is 25.5. The number of alkyl halides is 2. The topological polar surface area (TPSA) is 32.3 Å². The number of aliphatic hydroxyl groups is 1. The predicted octanol–water partition coefficient (Wildman–Crippen LogP) is 1.28. The van der Waals surface area contributed by atoms with Crippen LogP contribution in [0.15, 0.2) is 0 Å². The van der Waals surface area contributed by atoms with Crippen molar-refractivity contribution in [1.82, 2.24) is 5.32 Å². The van der Waals surface area contributed by atoms with Gasteiger partial charge in [-0.15, -0.1) is 12.4 Å². The van der Waals surface area contributed by atoms with Gasteiger partial charge in [-0.3, -0.25) is 0 Å². The Bertz CT molecular complexity index is 122. The first-order valence-corrected chi connectivity index (χ1v) is 3.62. The van der Waals surface area contributed by atoms with Gasteiger partial charge >= 0.3 is 0 Å². The molecule has 0 rings (SSSR count). The van der Waals surface area contributed by atoms with Gasteiger partial charge in [0.25, 0.3) is 5.92 Å². The molecule has 0 aliphatic carbocycles. The van der Waals surface area contributed by atoms with Crippen molar-refractivity contribution in [2.24, 2.45) is 5.92 Å². The second-order valence-electron chi connectivity index (χ2n) is 2.98. The Morgan fingerprint density at radius 2 is 1.83 bits per heavy atom. The maximum atomic E-state index is 12.8. The number of aliphatic hydroxyl groups excluding tert-OH is 1. The van der Waals surface area contributed by atoms with Crippen LogP contribution < -0.4 is 5.32 Å². The molecule has 0 aromatic heterocycles. The van der Waals surface area contributed by atoms with E-state index in [-0.39, 0.29) is 12.4 Å². The van der Waals surface area contributed by atoms with Gasteiger partial charge in [-0.25, -0.2) is 8.78 Å². The second kappa shape index (κ2) is 5.67. The first-order chi connectivity index (χ1) is 4.91. The van der Waals surface area contributed by atoms with Crippen LogP contribution in [0.2, 0.25) is 0 Å². The molecular formula is C7H16ClF2NO. The van der Waals surface area contributed by atoms with Crippen molar-refractivity contribution in [3.05, 3.63) is 0 Å². The van der Waals surface area contributed by atoms with Gasteiger partial charge in [0, 0.05) is 0 Å². The Morgan fingerprint density at radius 3 is 2.08 bits per heavy atom. The normalized spacial score (nSPS) is 14.2. The average Bonchev–Trinajstić information content (AvgIpc) is 1.86. The van der Waals surface area contributed by atoms with E-state index in [1.807, 2.05) is 0 Å². The fourth-order valence-corrected chi connectivity index (χ4v) is 0.828. The Morgan fingerprint density at radius 1 is 1.42 bits per heavy atom. The molecule has 0 heterocycles. The summed E-state index contributed by atoms with van der Waals surface area (Å²) in [5.74, 6) is -3.44. The SMILES string of the molecule is CNCC(F)(F)C(O)C(C)C.Cl. The number of halogens is 3. The molecule has 76 valence electrons. The van der Waals surface area contributed by atoms with Crippen LogP contribution in [0, 0.1) is 5.92 Å². The Hall–Kier alpha value is 0.0700. The maximum Gasteiger partial charge on any atom is 0.285 e. The molecular weight excluding hydrogens is 188 g/mol. The minimum Gasteiger partial charge on any atom is -0.387 e. The Kier molecular flexibility index (Phi) is 6.89. The zero-order valence-corrected chi connectivity index (χ0v) is 8.29. The predicted molar refractivity (Wildman–Crippen MR) is 47.0 cm³/mol. The van der Waals surface area contributed by atoms with E-state index in [1.54, 1.807) is 13.8 Å². The third-order valence-electron chi connectivity index (χ3n) is 1.48. The molecule has 2 N–H and O–H groups in total. The molecule has 5 heteroatoms. The molecule has 1 atom stereocenters. The fraction of sp³-hybridized carbons (Fsp3) is 1.00. The molecule has 1 unspecified atom stereocenters. The van der Waals surface area contributed by atoms with Gasteiger partial charge in [0.1, 0.15) is 6.10 Å². The highest BCUT2D eigenvalue weighted by Gasteiger charge is 2.39. The lowest BCUT2D eigenvalue weighted by Crippen LogP contribution is -2.44. The van der Waals surface area contributed by atoms with Crippen LogP contribution in [-0.4, -0.2) is 30.7 Å². The summed E-state index contributed by atoms with van der Waals surface area (Å²) in [6, 6.07) is 0. The van der Waals surface area contributed by atoms with Gasteiger partial charge in [-0.1, -0.05) is 13.8 Å². The maximum absolute atomic E-state index is 12.8. The molecule has 0 amide bonds. The Balaban J connectivity index is 0. The van der Waals surface area contributed by atoms with E-state index in [0.717, 1.165) is 0 Å². The molecule has 0 radical (unpaired) electrons. The van der Waals surface area contributed by atoms with Crippen LogP contribution in [0.5, 0.6) is 0 Å². The van der Waals surface area contributed by atoms with E-state index in [9.17, 15) is 8.78 Å². The zero-order chi connectivity index (χ0) is 9.07. The molecule has 2 nitrogen and oxygen atoms in total. The van der Waals surface area contributed by atoms with Crippen molar-refractivity contribution in [3.63, 3.8) is 0 Å². The van der Waals surface area contributed by atoms with E-state index in [1.165, 1.54) is 7.05 Å². The summed E-state index contributed by atoms with van der Waals surface area (Å²) in [5.41, 5.74) is 0. The van der Waals surface area contributed by atoms with E-state index < -0.39 is 24.5 Å². The highest BCUT2D eigenvalue weighted by atomic mass is 35.5. The lowest BCUT2D eigenvalue weighted by Gasteiger charge is -2.24. The van der Waals surface area contributed by atoms with Crippen molar-refractivity contribution in [2.45, 2.75) is 25.9 Å². The first kappa shape index (κ1) is 14.6. The molecule has 0 spiro atoms. The summed E-state index contributed by atoms with van der Waals surface area (Å²) in [6.45, 7) is 2.65. The minimum atomic E-state index is -3.02. The molecule has 0 aromatic rings. The number of hydrogen-bond donors (Lipinski definition) is 2. The van der Waals surface area contributed by atoms with Crippen molar-refractivity contribution < 1.29 is 13.9 Å². The second-order valence-corrected chi connectivity index (χ2v) is 2.98. The van der Waals surface area contributed by atoms with Gasteiger partial charge in [-0.2, -0.15) is 0 Å². The van der Waals surface area contributed by atoms with Crippen LogP contribution in [0.4, 0.5) is 8.78 Å². The molecule has 0 bridgehead atoms. The van der Waals surface area contributed by atoms with E-state index >= 15 is 0 Å². The minimum absolute atomic E-state index is 0. The van der Waals surface area contributed by atoms with Crippen LogP contribution in [0.25, 0.3) is 0 Å². The van der Waals surface area contributed by atoms with Crippen LogP contribution in [0.1, 0.15) is 13.8 Å². The van der Waals surface area contributed by atoms with Gasteiger partial charge in [0.05, 0.1) is 6.54 Å². The molecule has 0 fully saturated rings. The third kappa shape index (κ3) is 4.18. The molecule has 0 aliphatic heterocycles. The van der Waals surface area contributed by atoms with Crippen LogP contribution in [-0.2, 0) is 0 Å². The van der Waals surface area contributed by atoms with Crippen LogP contribution in [0.3, 0.4) is 0 Å². The summed E-state index contributed by atoms with van der Waals surface area (Å²) in [4.78, 5) is 0. The smallest absolute Gasteiger partial charge is 0.285 e. The molecule has 0 saturated carbocycles. The van der Waals surface area contributed by atoms with Gasteiger partial charge in [0.2, 0.25) is 0 Å². The third-order valence-corrected chi connectivity index (χ3v) is 1.48. The van der Waals surface area contributed by atoms with Crippen molar-refractivity contribution in [2.75, 3.05) is 13.6 Å². The Labute approximate surface area is 77.8 Å². The quantitative estimate of drug-likeness (QED) is 0.722. The highest BCUT2D eigenvalue weighted by Crippen LogP contribution is 2.22. The zero-order valence-electron chi connectivity index (χ0n) is 7.47. The summed E-state index contributed by atoms with van der Waals surface area (Å²) in [6.07, 6.45) is -1.56. The lowest BCUT2D eigenvalue weighted by molar-refractivity contribution is -0.122. The largest absolute Gasteiger partial charge is 0.387 e. The summed E-state index contributed by atoms with van der Waals surface area (Å²) in [5, 5.41) is 11.3. The van der Waals surface area contributed by atoms with E-state index in [4.69, 9.17) is 5.11 Å². The van der Waals surface area contributed by atoms with Crippen LogP contribution >= 0.6 is 12.4 Å². The van der Waals surface area contributed by atoms with Gasteiger partial charge in [0.15, 0.2) is 0 Å². The standard InChI is InChI=1S/C7H15F2NO.ClH/c1-5(2)6(11)7(8,9)4-10-3;/h5-6,10-11H,4H2,1-3H3;1H. The monoisotopic (exact) mass is 203 g/mol.